The number of hydrogen-bond donors (Lipinski definition) is 2. The SMILES string of the molecule is O=C(/C=C/c1ccc(-c2ccccc2)o1)NC(=S)Nc1ccccc1F. The van der Waals surface area contributed by atoms with Crippen LogP contribution in [0.2, 0.25) is 0 Å². The van der Waals surface area contributed by atoms with Gasteiger partial charge in [0.05, 0.1) is 5.69 Å². The Kier molecular flexibility index (Phi) is 5.56. The van der Waals surface area contributed by atoms with E-state index in [0.717, 1.165) is 5.56 Å². The van der Waals surface area contributed by atoms with Crippen LogP contribution in [0.5, 0.6) is 0 Å². The van der Waals surface area contributed by atoms with E-state index in [-0.39, 0.29) is 10.8 Å². The van der Waals surface area contributed by atoms with Gasteiger partial charge in [-0.3, -0.25) is 10.1 Å². The first-order valence-corrected chi connectivity index (χ1v) is 8.22. The van der Waals surface area contributed by atoms with Crippen molar-refractivity contribution in [3.63, 3.8) is 0 Å². The maximum absolute atomic E-state index is 13.5. The van der Waals surface area contributed by atoms with Crippen LogP contribution >= 0.6 is 12.2 Å². The number of halogens is 1. The minimum Gasteiger partial charge on any atom is -0.457 e. The Labute approximate surface area is 155 Å². The zero-order valence-corrected chi connectivity index (χ0v) is 14.4. The number of rotatable bonds is 4. The fraction of sp³-hybridized carbons (Fsp3) is 0. The molecule has 0 fully saturated rings. The van der Waals surface area contributed by atoms with E-state index in [2.05, 4.69) is 10.6 Å². The second-order valence-electron chi connectivity index (χ2n) is 5.32. The molecule has 0 bridgehead atoms. The summed E-state index contributed by atoms with van der Waals surface area (Å²) in [5.41, 5.74) is 1.15. The van der Waals surface area contributed by atoms with Gasteiger partial charge in [0.2, 0.25) is 5.91 Å². The third kappa shape index (κ3) is 4.64. The topological polar surface area (TPSA) is 54.3 Å². The number of thiocarbonyl (C=S) groups is 1. The van der Waals surface area contributed by atoms with Crippen LogP contribution in [-0.2, 0) is 4.79 Å². The third-order valence-electron chi connectivity index (χ3n) is 3.44. The zero-order chi connectivity index (χ0) is 18.4. The molecule has 1 amide bonds. The van der Waals surface area contributed by atoms with Gasteiger partial charge in [0, 0.05) is 11.6 Å². The molecule has 6 heteroatoms. The van der Waals surface area contributed by atoms with Crippen molar-refractivity contribution in [3.8, 4) is 11.3 Å². The number of anilines is 1. The number of para-hydroxylation sites is 1. The van der Waals surface area contributed by atoms with Crippen LogP contribution in [0.25, 0.3) is 17.4 Å². The summed E-state index contributed by atoms with van der Waals surface area (Å²) in [6.45, 7) is 0. The highest BCUT2D eigenvalue weighted by molar-refractivity contribution is 7.80. The lowest BCUT2D eigenvalue weighted by molar-refractivity contribution is -0.115. The van der Waals surface area contributed by atoms with Gasteiger partial charge in [-0.05, 0) is 42.6 Å². The van der Waals surface area contributed by atoms with Gasteiger partial charge < -0.3 is 9.73 Å². The van der Waals surface area contributed by atoms with Crippen LogP contribution in [0.3, 0.4) is 0 Å². The Balaban J connectivity index is 1.57. The summed E-state index contributed by atoms with van der Waals surface area (Å²) < 4.78 is 19.2. The van der Waals surface area contributed by atoms with E-state index in [9.17, 15) is 9.18 Å². The number of carbonyl (C=O) groups is 1. The number of carbonyl (C=O) groups excluding carboxylic acids is 1. The van der Waals surface area contributed by atoms with Gasteiger partial charge in [-0.15, -0.1) is 0 Å². The Morgan fingerprint density at radius 3 is 2.50 bits per heavy atom. The standard InChI is InChI=1S/C20H15FN2O2S/c21-16-8-4-5-9-17(16)22-20(26)23-19(24)13-11-15-10-12-18(25-15)14-6-2-1-3-7-14/h1-13H,(H2,22,23,24,26)/b13-11+. The van der Waals surface area contributed by atoms with Gasteiger partial charge in [0.15, 0.2) is 5.11 Å². The molecule has 0 saturated heterocycles. The molecular formula is C20H15FN2O2S. The molecule has 0 atom stereocenters. The minimum absolute atomic E-state index is 0.00849. The van der Waals surface area contributed by atoms with Crippen LogP contribution in [0.1, 0.15) is 5.76 Å². The molecule has 0 aliphatic carbocycles. The first-order chi connectivity index (χ1) is 12.6. The average molecular weight is 366 g/mol. The molecule has 4 nitrogen and oxygen atoms in total. The number of benzene rings is 2. The zero-order valence-electron chi connectivity index (χ0n) is 13.6. The van der Waals surface area contributed by atoms with E-state index >= 15 is 0 Å². The molecule has 2 aromatic carbocycles. The normalized spacial score (nSPS) is 10.7. The Hall–Kier alpha value is -3.25. The van der Waals surface area contributed by atoms with Crippen molar-refractivity contribution in [2.24, 2.45) is 0 Å². The van der Waals surface area contributed by atoms with E-state index in [4.69, 9.17) is 16.6 Å². The second kappa shape index (κ2) is 8.22. The largest absolute Gasteiger partial charge is 0.457 e. The molecule has 0 unspecified atom stereocenters. The fourth-order valence-electron chi connectivity index (χ4n) is 2.23. The van der Waals surface area contributed by atoms with Crippen LogP contribution in [0.4, 0.5) is 10.1 Å². The molecule has 1 heterocycles. The van der Waals surface area contributed by atoms with E-state index in [0.29, 0.717) is 11.5 Å². The minimum atomic E-state index is -0.455. The van der Waals surface area contributed by atoms with Crippen molar-refractivity contribution in [3.05, 3.63) is 84.4 Å². The van der Waals surface area contributed by atoms with Crippen molar-refractivity contribution in [2.75, 3.05) is 5.32 Å². The lowest BCUT2D eigenvalue weighted by atomic mass is 10.2. The van der Waals surface area contributed by atoms with Gasteiger partial charge in [-0.2, -0.15) is 0 Å². The first-order valence-electron chi connectivity index (χ1n) is 7.81. The van der Waals surface area contributed by atoms with Gasteiger partial charge in [0.25, 0.3) is 0 Å². The molecule has 0 saturated carbocycles. The van der Waals surface area contributed by atoms with Crippen molar-refractivity contribution >= 4 is 35.0 Å². The van der Waals surface area contributed by atoms with Crippen LogP contribution in [0.15, 0.2) is 77.2 Å². The summed E-state index contributed by atoms with van der Waals surface area (Å²) in [5, 5.41) is 5.09. The highest BCUT2D eigenvalue weighted by Gasteiger charge is 2.06. The molecule has 0 aliphatic heterocycles. The van der Waals surface area contributed by atoms with Crippen LogP contribution < -0.4 is 10.6 Å². The van der Waals surface area contributed by atoms with Gasteiger partial charge in [-0.25, -0.2) is 4.39 Å². The van der Waals surface area contributed by atoms with Gasteiger partial charge >= 0.3 is 0 Å². The molecular weight excluding hydrogens is 351 g/mol. The summed E-state index contributed by atoms with van der Waals surface area (Å²) in [6, 6.07) is 19.3. The molecule has 2 N–H and O–H groups in total. The molecule has 130 valence electrons. The maximum Gasteiger partial charge on any atom is 0.250 e. The smallest absolute Gasteiger partial charge is 0.250 e. The lowest BCUT2D eigenvalue weighted by Gasteiger charge is -2.08. The molecule has 0 radical (unpaired) electrons. The van der Waals surface area contributed by atoms with Crippen LogP contribution in [-0.4, -0.2) is 11.0 Å². The number of nitrogens with one attached hydrogen (secondary N) is 2. The van der Waals surface area contributed by atoms with E-state index in [1.807, 2.05) is 36.4 Å². The van der Waals surface area contributed by atoms with Crippen molar-refractivity contribution in [2.45, 2.75) is 0 Å². The number of amides is 1. The quantitative estimate of drug-likeness (QED) is 0.523. The Morgan fingerprint density at radius 2 is 1.73 bits per heavy atom. The molecule has 0 spiro atoms. The highest BCUT2D eigenvalue weighted by Crippen LogP contribution is 2.22. The highest BCUT2D eigenvalue weighted by atomic mass is 32.1. The summed E-state index contributed by atoms with van der Waals surface area (Å²) in [4.78, 5) is 11.9. The van der Waals surface area contributed by atoms with Crippen LogP contribution in [0, 0.1) is 5.82 Å². The second-order valence-corrected chi connectivity index (χ2v) is 5.73. The predicted molar refractivity (Wildman–Crippen MR) is 104 cm³/mol. The molecule has 26 heavy (non-hydrogen) atoms. The first kappa shape index (κ1) is 17.6. The molecule has 3 rings (SSSR count). The number of hydrogen-bond acceptors (Lipinski definition) is 3. The summed E-state index contributed by atoms with van der Waals surface area (Å²) in [6.07, 6.45) is 2.83. The van der Waals surface area contributed by atoms with E-state index in [1.54, 1.807) is 18.2 Å². The van der Waals surface area contributed by atoms with E-state index < -0.39 is 11.7 Å². The van der Waals surface area contributed by atoms with Gasteiger partial charge in [0.1, 0.15) is 17.3 Å². The summed E-state index contributed by atoms with van der Waals surface area (Å²) >= 11 is 5.00. The molecule has 0 aliphatic rings. The fourth-order valence-corrected chi connectivity index (χ4v) is 2.44. The lowest BCUT2D eigenvalue weighted by Crippen LogP contribution is -2.33. The van der Waals surface area contributed by atoms with Gasteiger partial charge in [-0.1, -0.05) is 42.5 Å². The maximum atomic E-state index is 13.5. The monoisotopic (exact) mass is 366 g/mol. The third-order valence-corrected chi connectivity index (χ3v) is 3.65. The molecule has 1 aromatic heterocycles. The predicted octanol–water partition coefficient (Wildman–Crippen LogP) is 4.61. The van der Waals surface area contributed by atoms with E-state index in [1.165, 1.54) is 24.3 Å². The number of furan rings is 1. The Bertz CT molecular complexity index is 951. The molecule has 3 aromatic rings. The van der Waals surface area contributed by atoms with Crippen molar-refractivity contribution in [1.82, 2.24) is 5.32 Å². The Morgan fingerprint density at radius 1 is 1.00 bits per heavy atom. The summed E-state index contributed by atoms with van der Waals surface area (Å²) in [5.74, 6) is 0.342. The average Bonchev–Trinajstić information content (AvgIpc) is 3.12. The summed E-state index contributed by atoms with van der Waals surface area (Å²) in [7, 11) is 0. The van der Waals surface area contributed by atoms with Crippen molar-refractivity contribution in [1.29, 1.82) is 0 Å². The van der Waals surface area contributed by atoms with Crippen molar-refractivity contribution < 1.29 is 13.6 Å².